The van der Waals surface area contributed by atoms with E-state index in [1.807, 2.05) is 0 Å². The third kappa shape index (κ3) is 5.49. The zero-order valence-corrected chi connectivity index (χ0v) is 12.9. The van der Waals surface area contributed by atoms with Crippen LogP contribution in [0.2, 0.25) is 0 Å². The van der Waals surface area contributed by atoms with Gasteiger partial charge in [0, 0.05) is 6.20 Å². The van der Waals surface area contributed by atoms with Crippen molar-refractivity contribution in [3.63, 3.8) is 0 Å². The van der Waals surface area contributed by atoms with E-state index in [0.29, 0.717) is 0 Å². The molecule has 0 aromatic carbocycles. The number of rotatable bonds is 4. The van der Waals surface area contributed by atoms with Crippen LogP contribution in [-0.4, -0.2) is 28.5 Å². The Morgan fingerprint density at radius 2 is 1.90 bits per heavy atom. The number of nitrogens with zero attached hydrogens (tertiary/aromatic N) is 1. The summed E-state index contributed by atoms with van der Waals surface area (Å²) in [5, 5.41) is 2.56. The predicted molar refractivity (Wildman–Crippen MR) is 76.1 cm³/mol. The number of hydrogen-bond donors (Lipinski definition) is 1. The van der Waals surface area contributed by atoms with Gasteiger partial charge >= 0.3 is 5.97 Å². The first-order chi connectivity index (χ1) is 9.60. The van der Waals surface area contributed by atoms with Gasteiger partial charge in [0.15, 0.2) is 0 Å². The first kappa shape index (κ1) is 17.1. The Bertz CT molecular complexity index is 524. The maximum absolute atomic E-state index is 13.1. The van der Waals surface area contributed by atoms with Crippen molar-refractivity contribution in [3.8, 4) is 0 Å². The molecule has 0 spiro atoms. The number of amides is 1. The second kappa shape index (κ2) is 6.65. The van der Waals surface area contributed by atoms with Crippen molar-refractivity contribution in [2.24, 2.45) is 5.92 Å². The number of carbonyl (C=O) groups is 2. The van der Waals surface area contributed by atoms with Gasteiger partial charge in [0.05, 0.1) is 11.8 Å². The standard InChI is InChI=1S/C15H21FN2O3/c1-9(2)12(14(20)21-15(3,4)5)18-13(19)10-6-11(16)8-17-7-10/h6-9,12H,1-5H3,(H,18,19)/t12-/m1/s1. The Hall–Kier alpha value is -1.98. The fraction of sp³-hybridized carbons (Fsp3) is 0.533. The van der Waals surface area contributed by atoms with E-state index >= 15 is 0 Å². The zero-order valence-electron chi connectivity index (χ0n) is 12.9. The SMILES string of the molecule is CC(C)[C@@H](NC(=O)c1cncc(F)c1)C(=O)OC(C)(C)C. The van der Waals surface area contributed by atoms with Crippen LogP contribution >= 0.6 is 0 Å². The Morgan fingerprint density at radius 3 is 2.38 bits per heavy atom. The molecule has 0 aliphatic heterocycles. The number of ether oxygens (including phenoxy) is 1. The first-order valence-corrected chi connectivity index (χ1v) is 6.74. The molecular formula is C15H21FN2O3. The lowest BCUT2D eigenvalue weighted by Crippen LogP contribution is -2.47. The Kier molecular flexibility index (Phi) is 5.41. The molecule has 1 atom stereocenters. The fourth-order valence-electron chi connectivity index (χ4n) is 1.62. The number of halogens is 1. The van der Waals surface area contributed by atoms with E-state index < -0.39 is 29.3 Å². The number of hydrogen-bond acceptors (Lipinski definition) is 4. The molecule has 1 heterocycles. The van der Waals surface area contributed by atoms with Gasteiger partial charge in [-0.2, -0.15) is 0 Å². The number of carbonyl (C=O) groups excluding carboxylic acids is 2. The number of aromatic nitrogens is 1. The molecule has 1 rings (SSSR count). The van der Waals surface area contributed by atoms with E-state index in [4.69, 9.17) is 4.74 Å². The topological polar surface area (TPSA) is 68.3 Å². The molecule has 0 radical (unpaired) electrons. The lowest BCUT2D eigenvalue weighted by atomic mass is 10.0. The highest BCUT2D eigenvalue weighted by Crippen LogP contribution is 2.13. The van der Waals surface area contributed by atoms with E-state index in [0.717, 1.165) is 12.3 Å². The lowest BCUT2D eigenvalue weighted by Gasteiger charge is -2.26. The zero-order chi connectivity index (χ0) is 16.2. The molecule has 116 valence electrons. The van der Waals surface area contributed by atoms with E-state index in [1.54, 1.807) is 34.6 Å². The smallest absolute Gasteiger partial charge is 0.329 e. The van der Waals surface area contributed by atoms with Crippen molar-refractivity contribution < 1.29 is 18.7 Å². The van der Waals surface area contributed by atoms with Crippen LogP contribution in [0, 0.1) is 11.7 Å². The molecule has 0 unspecified atom stereocenters. The van der Waals surface area contributed by atoms with Gasteiger partial charge in [-0.3, -0.25) is 9.78 Å². The van der Waals surface area contributed by atoms with Crippen molar-refractivity contribution in [2.75, 3.05) is 0 Å². The van der Waals surface area contributed by atoms with Crippen LogP contribution in [-0.2, 0) is 9.53 Å². The Labute approximate surface area is 123 Å². The van der Waals surface area contributed by atoms with Crippen LogP contribution in [0.5, 0.6) is 0 Å². The van der Waals surface area contributed by atoms with Gasteiger partial charge < -0.3 is 10.1 Å². The van der Waals surface area contributed by atoms with Crippen LogP contribution < -0.4 is 5.32 Å². The van der Waals surface area contributed by atoms with Gasteiger partial charge in [0.1, 0.15) is 17.5 Å². The normalized spacial score (nSPS) is 12.9. The summed E-state index contributed by atoms with van der Waals surface area (Å²) >= 11 is 0. The maximum Gasteiger partial charge on any atom is 0.329 e. The van der Waals surface area contributed by atoms with Gasteiger partial charge in [-0.05, 0) is 32.8 Å². The van der Waals surface area contributed by atoms with E-state index in [9.17, 15) is 14.0 Å². The van der Waals surface area contributed by atoms with Gasteiger partial charge in [0.2, 0.25) is 0 Å². The number of pyridine rings is 1. The fourth-order valence-corrected chi connectivity index (χ4v) is 1.62. The van der Waals surface area contributed by atoms with Gasteiger partial charge in [-0.1, -0.05) is 13.8 Å². The third-order valence-corrected chi connectivity index (χ3v) is 2.58. The van der Waals surface area contributed by atoms with Crippen LogP contribution in [0.3, 0.4) is 0 Å². The summed E-state index contributed by atoms with van der Waals surface area (Å²) in [6.07, 6.45) is 2.25. The molecule has 1 N–H and O–H groups in total. The van der Waals surface area contributed by atoms with Crippen molar-refractivity contribution in [1.82, 2.24) is 10.3 Å². The molecule has 0 saturated heterocycles. The average Bonchev–Trinajstić information content (AvgIpc) is 2.32. The van der Waals surface area contributed by atoms with Gasteiger partial charge in [-0.15, -0.1) is 0 Å². The molecule has 0 saturated carbocycles. The maximum atomic E-state index is 13.1. The molecule has 0 bridgehead atoms. The molecule has 0 fully saturated rings. The second-order valence-electron chi connectivity index (χ2n) is 6.12. The van der Waals surface area contributed by atoms with Gasteiger partial charge in [0.25, 0.3) is 5.91 Å². The summed E-state index contributed by atoms with van der Waals surface area (Å²) in [5.41, 5.74) is -0.584. The molecule has 21 heavy (non-hydrogen) atoms. The summed E-state index contributed by atoms with van der Waals surface area (Å²) in [7, 11) is 0. The van der Waals surface area contributed by atoms with Crippen molar-refractivity contribution in [1.29, 1.82) is 0 Å². The summed E-state index contributed by atoms with van der Waals surface area (Å²) in [5.74, 6) is -1.85. The molecule has 0 aliphatic rings. The highest BCUT2D eigenvalue weighted by molar-refractivity contribution is 5.96. The lowest BCUT2D eigenvalue weighted by molar-refractivity contribution is -0.158. The van der Waals surface area contributed by atoms with Crippen LogP contribution in [0.4, 0.5) is 4.39 Å². The molecule has 0 aliphatic carbocycles. The van der Waals surface area contributed by atoms with Crippen molar-refractivity contribution in [3.05, 3.63) is 29.8 Å². The van der Waals surface area contributed by atoms with Gasteiger partial charge in [-0.25, -0.2) is 9.18 Å². The molecule has 1 amide bonds. The monoisotopic (exact) mass is 296 g/mol. The minimum absolute atomic E-state index is 0.0595. The summed E-state index contributed by atoms with van der Waals surface area (Å²) < 4.78 is 18.3. The minimum atomic E-state index is -0.806. The summed E-state index contributed by atoms with van der Waals surface area (Å²) in [6.45, 7) is 8.83. The average molecular weight is 296 g/mol. The predicted octanol–water partition coefficient (Wildman–Crippen LogP) is 2.32. The quantitative estimate of drug-likeness (QED) is 0.866. The number of esters is 1. The van der Waals surface area contributed by atoms with Crippen LogP contribution in [0.25, 0.3) is 0 Å². The highest BCUT2D eigenvalue weighted by atomic mass is 19.1. The molecule has 5 nitrogen and oxygen atoms in total. The van der Waals surface area contributed by atoms with Crippen molar-refractivity contribution in [2.45, 2.75) is 46.3 Å². The molecular weight excluding hydrogens is 275 g/mol. The molecule has 6 heteroatoms. The summed E-state index contributed by atoms with van der Waals surface area (Å²) in [6, 6.07) is 0.259. The number of nitrogens with one attached hydrogen (secondary N) is 1. The Morgan fingerprint density at radius 1 is 1.29 bits per heavy atom. The van der Waals surface area contributed by atoms with Crippen LogP contribution in [0.1, 0.15) is 45.0 Å². The second-order valence-corrected chi connectivity index (χ2v) is 6.12. The first-order valence-electron chi connectivity index (χ1n) is 6.74. The minimum Gasteiger partial charge on any atom is -0.458 e. The third-order valence-electron chi connectivity index (χ3n) is 2.58. The van der Waals surface area contributed by atoms with Crippen molar-refractivity contribution >= 4 is 11.9 Å². The van der Waals surface area contributed by atoms with E-state index in [2.05, 4.69) is 10.3 Å². The van der Waals surface area contributed by atoms with E-state index in [1.165, 1.54) is 6.20 Å². The molecule has 1 aromatic rings. The highest BCUT2D eigenvalue weighted by Gasteiger charge is 2.29. The van der Waals surface area contributed by atoms with E-state index in [-0.39, 0.29) is 11.5 Å². The summed E-state index contributed by atoms with van der Waals surface area (Å²) in [4.78, 5) is 27.8. The largest absolute Gasteiger partial charge is 0.458 e. The Balaban J connectivity index is 2.84. The molecule has 1 aromatic heterocycles. The van der Waals surface area contributed by atoms with Crippen LogP contribution in [0.15, 0.2) is 18.5 Å².